The van der Waals surface area contributed by atoms with E-state index in [1.165, 1.54) is 0 Å². The summed E-state index contributed by atoms with van der Waals surface area (Å²) in [4.78, 5) is 11.5. The van der Waals surface area contributed by atoms with Crippen molar-refractivity contribution in [1.29, 1.82) is 0 Å². The molecule has 0 fully saturated rings. The van der Waals surface area contributed by atoms with Crippen molar-refractivity contribution in [2.45, 2.75) is 37.9 Å². The smallest absolute Gasteiger partial charge is 0.312 e. The molecule has 1 unspecified atom stereocenters. The van der Waals surface area contributed by atoms with E-state index >= 15 is 0 Å². The Kier molecular flexibility index (Phi) is 6.19. The van der Waals surface area contributed by atoms with Gasteiger partial charge in [-0.3, -0.25) is 4.79 Å². The Labute approximate surface area is 109 Å². The molecule has 4 heteroatoms. The molecule has 2 nitrogen and oxygen atoms in total. The van der Waals surface area contributed by atoms with Crippen LogP contribution >= 0.6 is 15.9 Å². The van der Waals surface area contributed by atoms with E-state index in [0.717, 1.165) is 11.1 Å². The lowest BCUT2D eigenvalue weighted by molar-refractivity contribution is -0.157. The summed E-state index contributed by atoms with van der Waals surface area (Å²) in [6.45, 7) is 1.85. The minimum absolute atomic E-state index is 0.117. The number of carbonyl (C=O) groups is 1. The second-order valence-electron chi connectivity index (χ2n) is 3.77. The number of ether oxygens (including phenoxy) is 1. The number of halogens is 2. The number of hydrogen-bond donors (Lipinski definition) is 0. The van der Waals surface area contributed by atoms with Gasteiger partial charge in [-0.25, -0.2) is 4.39 Å². The lowest BCUT2D eigenvalue weighted by Gasteiger charge is -2.10. The van der Waals surface area contributed by atoms with Gasteiger partial charge in [-0.1, -0.05) is 47.1 Å². The van der Waals surface area contributed by atoms with Gasteiger partial charge in [-0.15, -0.1) is 0 Å². The van der Waals surface area contributed by atoms with E-state index in [1.54, 1.807) is 0 Å². The summed E-state index contributed by atoms with van der Waals surface area (Å²) in [5.74, 6) is -0.514. The number of hydrogen-bond acceptors (Lipinski definition) is 2. The standard InChI is InChI=1S/C13H16BrFO2/c1-2-5-12(15)17-13(16)8-10-6-3-4-7-11(10)9-14/h3-4,6-7,12H,2,5,8-9H2,1H3. The maximum Gasteiger partial charge on any atom is 0.312 e. The Morgan fingerprint density at radius 2 is 2.06 bits per heavy atom. The summed E-state index contributed by atoms with van der Waals surface area (Å²) in [5.41, 5.74) is 1.90. The lowest BCUT2D eigenvalue weighted by Crippen LogP contribution is -2.16. The molecule has 94 valence electrons. The number of carbonyl (C=O) groups excluding carboxylic acids is 1. The van der Waals surface area contributed by atoms with Gasteiger partial charge in [-0.2, -0.15) is 0 Å². The van der Waals surface area contributed by atoms with Crippen molar-refractivity contribution in [1.82, 2.24) is 0 Å². The van der Waals surface area contributed by atoms with Gasteiger partial charge in [0.1, 0.15) is 0 Å². The Hall–Kier alpha value is -0.900. The van der Waals surface area contributed by atoms with E-state index < -0.39 is 12.3 Å². The van der Waals surface area contributed by atoms with Crippen LogP contribution in [0, 0.1) is 0 Å². The fraction of sp³-hybridized carbons (Fsp3) is 0.462. The molecular formula is C13H16BrFO2. The van der Waals surface area contributed by atoms with E-state index in [9.17, 15) is 9.18 Å². The normalized spacial score (nSPS) is 12.2. The number of esters is 1. The second-order valence-corrected chi connectivity index (χ2v) is 4.33. The first kappa shape index (κ1) is 14.2. The summed E-state index contributed by atoms with van der Waals surface area (Å²) >= 11 is 3.35. The molecule has 0 radical (unpaired) electrons. The first-order chi connectivity index (χ1) is 8.17. The van der Waals surface area contributed by atoms with E-state index in [1.807, 2.05) is 31.2 Å². The number of benzene rings is 1. The molecular weight excluding hydrogens is 287 g/mol. The zero-order valence-corrected chi connectivity index (χ0v) is 11.4. The summed E-state index contributed by atoms with van der Waals surface area (Å²) < 4.78 is 17.8. The van der Waals surface area contributed by atoms with Gasteiger partial charge in [0.25, 0.3) is 0 Å². The molecule has 0 N–H and O–H groups in total. The number of alkyl halides is 2. The quantitative estimate of drug-likeness (QED) is 0.591. The van der Waals surface area contributed by atoms with Gasteiger partial charge >= 0.3 is 5.97 Å². The molecule has 0 spiro atoms. The Bertz CT molecular complexity index is 368. The van der Waals surface area contributed by atoms with Crippen molar-refractivity contribution < 1.29 is 13.9 Å². The van der Waals surface area contributed by atoms with Crippen molar-refractivity contribution in [3.05, 3.63) is 35.4 Å². The SMILES string of the molecule is CCCC(F)OC(=O)Cc1ccccc1CBr. The van der Waals surface area contributed by atoms with Crippen molar-refractivity contribution in [2.75, 3.05) is 0 Å². The third-order valence-electron chi connectivity index (χ3n) is 2.37. The van der Waals surface area contributed by atoms with E-state index in [0.29, 0.717) is 11.8 Å². The maximum atomic E-state index is 13.1. The molecule has 0 aliphatic rings. The van der Waals surface area contributed by atoms with Gasteiger partial charge < -0.3 is 4.74 Å². The van der Waals surface area contributed by atoms with Gasteiger partial charge in [0.05, 0.1) is 6.42 Å². The summed E-state index contributed by atoms with van der Waals surface area (Å²) in [5, 5.41) is 0.671. The zero-order chi connectivity index (χ0) is 12.7. The minimum atomic E-state index is -1.48. The molecule has 1 aromatic carbocycles. The fourth-order valence-corrected chi connectivity index (χ4v) is 2.03. The highest BCUT2D eigenvalue weighted by atomic mass is 79.9. The Balaban J connectivity index is 2.55. The summed E-state index contributed by atoms with van der Waals surface area (Å²) in [6, 6.07) is 7.54. The highest BCUT2D eigenvalue weighted by Crippen LogP contribution is 2.14. The van der Waals surface area contributed by atoms with Crippen LogP contribution in [0.1, 0.15) is 30.9 Å². The molecule has 1 rings (SSSR count). The minimum Gasteiger partial charge on any atom is -0.431 e. The van der Waals surface area contributed by atoms with Crippen molar-refractivity contribution >= 4 is 21.9 Å². The van der Waals surface area contributed by atoms with Crippen LogP contribution in [-0.2, 0) is 21.3 Å². The van der Waals surface area contributed by atoms with Crippen LogP contribution in [0.25, 0.3) is 0 Å². The van der Waals surface area contributed by atoms with Gasteiger partial charge in [-0.05, 0) is 17.5 Å². The summed E-state index contributed by atoms with van der Waals surface area (Å²) in [7, 11) is 0. The van der Waals surface area contributed by atoms with E-state index in [2.05, 4.69) is 20.7 Å². The van der Waals surface area contributed by atoms with Crippen LogP contribution in [-0.4, -0.2) is 12.3 Å². The van der Waals surface area contributed by atoms with Crippen LogP contribution in [0.15, 0.2) is 24.3 Å². The first-order valence-corrected chi connectivity index (χ1v) is 6.75. The van der Waals surface area contributed by atoms with Crippen molar-refractivity contribution in [2.24, 2.45) is 0 Å². The van der Waals surface area contributed by atoms with Gasteiger partial charge in [0, 0.05) is 11.8 Å². The zero-order valence-electron chi connectivity index (χ0n) is 9.79. The Morgan fingerprint density at radius 3 is 2.65 bits per heavy atom. The highest BCUT2D eigenvalue weighted by molar-refractivity contribution is 9.08. The topological polar surface area (TPSA) is 26.3 Å². The second kappa shape index (κ2) is 7.43. The first-order valence-electron chi connectivity index (χ1n) is 5.63. The molecule has 0 bridgehead atoms. The fourth-order valence-electron chi connectivity index (χ4n) is 1.49. The molecule has 0 amide bonds. The maximum absolute atomic E-state index is 13.1. The molecule has 1 aromatic rings. The van der Waals surface area contributed by atoms with E-state index in [4.69, 9.17) is 0 Å². The number of rotatable bonds is 6. The monoisotopic (exact) mass is 302 g/mol. The van der Waals surface area contributed by atoms with Crippen LogP contribution in [0.4, 0.5) is 4.39 Å². The average molecular weight is 303 g/mol. The molecule has 0 saturated carbocycles. The van der Waals surface area contributed by atoms with Crippen LogP contribution < -0.4 is 0 Å². The van der Waals surface area contributed by atoms with Crippen LogP contribution in [0.2, 0.25) is 0 Å². The summed E-state index contributed by atoms with van der Waals surface area (Å²) in [6.07, 6.45) is -0.451. The molecule has 0 aliphatic carbocycles. The molecule has 0 aromatic heterocycles. The van der Waals surface area contributed by atoms with Crippen LogP contribution in [0.5, 0.6) is 0 Å². The molecule has 0 heterocycles. The Morgan fingerprint density at radius 1 is 1.41 bits per heavy atom. The molecule has 0 saturated heterocycles. The predicted molar refractivity (Wildman–Crippen MR) is 68.7 cm³/mol. The molecule has 17 heavy (non-hydrogen) atoms. The van der Waals surface area contributed by atoms with E-state index in [-0.39, 0.29) is 12.8 Å². The highest BCUT2D eigenvalue weighted by Gasteiger charge is 2.13. The molecule has 0 aliphatic heterocycles. The average Bonchev–Trinajstić information content (AvgIpc) is 2.29. The van der Waals surface area contributed by atoms with Crippen molar-refractivity contribution in [3.63, 3.8) is 0 Å². The third-order valence-corrected chi connectivity index (χ3v) is 2.98. The van der Waals surface area contributed by atoms with Crippen LogP contribution in [0.3, 0.4) is 0 Å². The van der Waals surface area contributed by atoms with Crippen molar-refractivity contribution in [3.8, 4) is 0 Å². The lowest BCUT2D eigenvalue weighted by atomic mass is 10.1. The van der Waals surface area contributed by atoms with Gasteiger partial charge in [0.2, 0.25) is 6.36 Å². The third kappa shape index (κ3) is 4.86. The van der Waals surface area contributed by atoms with Gasteiger partial charge in [0.15, 0.2) is 0 Å². The predicted octanol–water partition coefficient (Wildman–Crippen LogP) is 3.76. The largest absolute Gasteiger partial charge is 0.431 e. The molecule has 1 atom stereocenters.